The lowest BCUT2D eigenvalue weighted by molar-refractivity contribution is -0.189. The summed E-state index contributed by atoms with van der Waals surface area (Å²) in [4.78, 5) is 115. The van der Waals surface area contributed by atoms with E-state index >= 15 is 0 Å². The summed E-state index contributed by atoms with van der Waals surface area (Å²) < 4.78 is 53.7. The molecule has 1 aromatic carbocycles. The Morgan fingerprint density at radius 1 is 0.650 bits per heavy atom. The van der Waals surface area contributed by atoms with Crippen LogP contribution in [0.3, 0.4) is 0 Å². The molecule has 7 rings (SSSR count). The van der Waals surface area contributed by atoms with Gasteiger partial charge in [0.25, 0.3) is 5.56 Å². The molecule has 22 heteroatoms. The van der Waals surface area contributed by atoms with Crippen molar-refractivity contribution in [2.75, 3.05) is 52.5 Å². The summed E-state index contributed by atoms with van der Waals surface area (Å²) in [6.07, 6.45) is 39.7. The largest absolute Gasteiger partial charge is 0.472 e. The average Bonchev–Trinajstić information content (AvgIpc) is 1.48. The van der Waals surface area contributed by atoms with Crippen LogP contribution in [-0.2, 0) is 81.7 Å². The number of carbonyl (C=O) groups is 6. The van der Waals surface area contributed by atoms with Crippen LogP contribution in [0.25, 0.3) is 22.3 Å². The Kier molecular flexibility index (Phi) is 36.5. The third kappa shape index (κ3) is 26.5. The van der Waals surface area contributed by atoms with Gasteiger partial charge in [-0.15, -0.1) is 0 Å². The van der Waals surface area contributed by atoms with E-state index < -0.39 is 80.9 Å². The number of rotatable bonds is 50. The number of unbranched alkanes of at least 4 members (excludes halogenated alkanes) is 28. The van der Waals surface area contributed by atoms with E-state index in [4.69, 9.17) is 37.7 Å². The summed E-state index contributed by atoms with van der Waals surface area (Å²) in [7, 11) is -4.80. The first kappa shape index (κ1) is 81.6. The highest BCUT2D eigenvalue weighted by atomic mass is 31.2. The van der Waals surface area contributed by atoms with Crippen LogP contribution in [0.1, 0.15) is 307 Å². The molecule has 2 saturated heterocycles. The molecule has 0 bridgehead atoms. The number of phosphoric acid groups is 1. The van der Waals surface area contributed by atoms with Crippen LogP contribution in [-0.4, -0.2) is 125 Å². The quantitative estimate of drug-likeness (QED) is 0.0180. The van der Waals surface area contributed by atoms with Crippen LogP contribution in [0, 0.1) is 0 Å². The number of ether oxygens (including phenoxy) is 5. The molecule has 4 aliphatic rings. The number of likely N-dealkylation sites (tertiary alicyclic amines) is 2. The van der Waals surface area contributed by atoms with E-state index in [-0.39, 0.29) is 62.8 Å². The van der Waals surface area contributed by atoms with Gasteiger partial charge in [-0.25, -0.2) is 19.1 Å². The molecule has 21 nitrogen and oxygen atoms in total. The fraction of sp³-hybridized carbons (Fsp3) is 0.744. The third-order valence-electron chi connectivity index (χ3n) is 20.6. The number of cyclic esters (lactones) is 1. The van der Waals surface area contributed by atoms with E-state index in [0.717, 1.165) is 81.0 Å². The number of pyridine rings is 2. The first-order chi connectivity index (χ1) is 48.6. The predicted octanol–water partition coefficient (Wildman–Crippen LogP) is 16.6. The van der Waals surface area contributed by atoms with Gasteiger partial charge in [0, 0.05) is 61.5 Å². The molecule has 0 saturated carbocycles. The van der Waals surface area contributed by atoms with Crippen LogP contribution in [0.15, 0.2) is 29.1 Å². The van der Waals surface area contributed by atoms with Gasteiger partial charge in [0.05, 0.1) is 48.6 Å². The van der Waals surface area contributed by atoms with Crippen LogP contribution >= 0.6 is 7.82 Å². The number of amides is 2. The van der Waals surface area contributed by atoms with Gasteiger partial charge in [-0.1, -0.05) is 214 Å². The number of nitrogens with zero attached hydrogens (tertiary/aromatic N) is 4. The minimum absolute atomic E-state index is 0.0933. The van der Waals surface area contributed by atoms with Crippen LogP contribution in [0.4, 0.5) is 4.79 Å². The molecule has 2 fully saturated rings. The van der Waals surface area contributed by atoms with E-state index in [1.807, 2.05) is 13.0 Å². The smallest absolute Gasteiger partial charge is 0.462 e. The first-order valence-corrected chi connectivity index (χ1v) is 40.7. The number of hydrogen-bond donors (Lipinski definition) is 2. The topological polar surface area (TPSA) is 258 Å². The van der Waals surface area contributed by atoms with Gasteiger partial charge in [-0.3, -0.25) is 33.0 Å². The number of aryl methyl sites for hydroxylation is 1. The summed E-state index contributed by atoms with van der Waals surface area (Å²) in [5.41, 5.74) is 1.19. The second kappa shape index (κ2) is 44.7. The zero-order valence-electron chi connectivity index (χ0n) is 61.3. The molecule has 4 aliphatic heterocycles. The molecule has 2 aromatic heterocycles. The highest BCUT2D eigenvalue weighted by Crippen LogP contribution is 2.44. The Labute approximate surface area is 595 Å². The molecule has 0 spiro atoms. The van der Waals surface area contributed by atoms with Crippen LogP contribution < -0.4 is 15.6 Å². The van der Waals surface area contributed by atoms with E-state index in [1.54, 1.807) is 34.6 Å². The number of piperidine rings is 2. The van der Waals surface area contributed by atoms with Crippen molar-refractivity contribution in [3.8, 4) is 17.1 Å². The second-order valence-corrected chi connectivity index (χ2v) is 29.8. The number of fused-ring (bicyclic) bond motifs is 5. The zero-order valence-corrected chi connectivity index (χ0v) is 62.2. The van der Waals surface area contributed by atoms with Crippen molar-refractivity contribution in [3.05, 3.63) is 56.9 Å². The fourth-order valence-electron chi connectivity index (χ4n) is 14.6. The van der Waals surface area contributed by atoms with Gasteiger partial charge in [-0.2, -0.15) is 0 Å². The average molecular weight is 1420 g/mol. The number of carbonyl (C=O) groups excluding carboxylic acids is 6. The molecule has 2 N–H and O–H groups in total. The minimum atomic E-state index is -4.80. The lowest BCUT2D eigenvalue weighted by Gasteiger charge is -2.39. The van der Waals surface area contributed by atoms with Crippen molar-refractivity contribution >= 4 is 54.6 Å². The molecular weight excluding hydrogens is 1290 g/mol. The van der Waals surface area contributed by atoms with E-state index in [2.05, 4.69) is 24.1 Å². The van der Waals surface area contributed by atoms with Gasteiger partial charge in [0.15, 0.2) is 6.10 Å². The van der Waals surface area contributed by atoms with Gasteiger partial charge in [-0.05, 0) is 94.3 Å². The minimum Gasteiger partial charge on any atom is -0.462 e. The van der Waals surface area contributed by atoms with Crippen molar-refractivity contribution in [2.45, 2.75) is 322 Å². The van der Waals surface area contributed by atoms with E-state index in [9.17, 15) is 43.0 Å². The summed E-state index contributed by atoms with van der Waals surface area (Å²) in [6.45, 7) is 9.76. The molecule has 100 heavy (non-hydrogen) atoms. The monoisotopic (exact) mass is 1420 g/mol. The Bertz CT molecular complexity index is 3140. The predicted molar refractivity (Wildman–Crippen MR) is 388 cm³/mol. The third-order valence-corrected chi connectivity index (χ3v) is 21.6. The number of esters is 4. The lowest BCUT2D eigenvalue weighted by atomic mass is 9.85. The Hall–Kier alpha value is -5.73. The number of phosphoric ester groups is 1. The molecule has 2 amide bonds. The van der Waals surface area contributed by atoms with Crippen molar-refractivity contribution < 1.29 is 71.0 Å². The van der Waals surface area contributed by atoms with Crippen LogP contribution in [0.5, 0.6) is 5.75 Å². The van der Waals surface area contributed by atoms with E-state index in [1.165, 1.54) is 161 Å². The number of aromatic nitrogens is 2. The summed E-state index contributed by atoms with van der Waals surface area (Å²) >= 11 is 0. The molecule has 3 aromatic rings. The van der Waals surface area contributed by atoms with E-state index in [0.29, 0.717) is 61.0 Å². The summed E-state index contributed by atoms with van der Waals surface area (Å²) in [5, 5.41) is 3.32. The molecule has 6 heterocycles. The van der Waals surface area contributed by atoms with Gasteiger partial charge in [0.1, 0.15) is 19.0 Å². The Morgan fingerprint density at radius 3 is 1.77 bits per heavy atom. The first-order valence-electron chi connectivity index (χ1n) is 39.2. The summed E-state index contributed by atoms with van der Waals surface area (Å²) in [5.74, 6) is -3.02. The van der Waals surface area contributed by atoms with Crippen LogP contribution in [0.2, 0.25) is 0 Å². The van der Waals surface area contributed by atoms with Crippen molar-refractivity contribution in [1.29, 1.82) is 0 Å². The Balaban J connectivity index is 0.844. The van der Waals surface area contributed by atoms with Gasteiger partial charge in [0.2, 0.25) is 11.5 Å². The lowest BCUT2D eigenvalue weighted by Crippen LogP contribution is -2.48. The molecule has 0 radical (unpaired) electrons. The SMILES string of the molecule is CCCCCCCCCCCCCCCCCC(=O)OC[C@H](COP(=O)(O)OCCNC(=O)CCC(=O)O[C@]1(CC)C(=O)OCc2c1cc1n(c2=O)Cc2c-1nc1ccc(OC(=O)N3CCC(N4CCCCC4)CC3)cc1c2CC)OC(=O)CCCCCCCCCCCCCCCCC. The van der Waals surface area contributed by atoms with Crippen molar-refractivity contribution in [3.63, 3.8) is 0 Å². The maximum absolute atomic E-state index is 14.5. The zero-order chi connectivity index (χ0) is 71.4. The molecule has 3 atom stereocenters. The highest BCUT2D eigenvalue weighted by Gasteiger charge is 2.50. The number of hydrogen-bond acceptors (Lipinski definition) is 17. The normalized spacial score (nSPS) is 17.1. The van der Waals surface area contributed by atoms with Gasteiger partial charge < -0.3 is 48.3 Å². The molecule has 0 aliphatic carbocycles. The maximum Gasteiger partial charge on any atom is 0.472 e. The maximum atomic E-state index is 14.5. The molecule has 1 unspecified atom stereocenters. The van der Waals surface area contributed by atoms with Crippen molar-refractivity contribution in [2.24, 2.45) is 0 Å². The number of benzene rings is 1. The fourth-order valence-corrected chi connectivity index (χ4v) is 15.4. The standard InChI is InChI=1S/C78H122N5O16P/c1-5-9-11-13-15-17-19-21-23-25-27-29-31-33-36-40-71(85)93-57-62(97-72(86)41-37-34-32-30-28-26-24-22-20-18-16-14-12-10-6-2)58-96-100(91,92)95-53-48-79-70(84)44-45-73(87)99-78(8-4)67-55-69-74-65(56-83(69)75(88)66(67)59-94-76(78)89)63(7-3)64-54-61(42-43-68(64)80-74)98-77(90)82-51-46-60(47-52-82)81-49-38-35-39-50-81/h42-43,54-55,60,62H,5-41,44-53,56-59H2,1-4H3,(H,79,84)(H,91,92)/t62-,78+/m1/s1. The molecular formula is C78H122N5O16P. The Morgan fingerprint density at radius 2 is 1.21 bits per heavy atom. The van der Waals surface area contributed by atoms with Gasteiger partial charge >= 0.3 is 37.8 Å². The summed E-state index contributed by atoms with van der Waals surface area (Å²) in [6, 6.07) is 7.50. The number of nitrogens with one attached hydrogen (secondary N) is 1. The second-order valence-electron chi connectivity index (χ2n) is 28.3. The highest BCUT2D eigenvalue weighted by molar-refractivity contribution is 7.47. The van der Waals surface area contributed by atoms with Crippen molar-refractivity contribution in [1.82, 2.24) is 24.7 Å². The molecule has 560 valence electrons.